The zero-order valence-corrected chi connectivity index (χ0v) is 13.7. The summed E-state index contributed by atoms with van der Waals surface area (Å²) in [5.74, 6) is 0. The van der Waals surface area contributed by atoms with Crippen molar-refractivity contribution in [2.45, 2.75) is 0 Å². The van der Waals surface area contributed by atoms with Crippen molar-refractivity contribution < 1.29 is 9.53 Å². The van der Waals surface area contributed by atoms with Crippen LogP contribution in [0, 0.1) is 5.21 Å². The predicted octanol–water partition coefficient (Wildman–Crippen LogP) is 3.86. The van der Waals surface area contributed by atoms with Crippen LogP contribution in [0.25, 0.3) is 41.8 Å². The van der Waals surface area contributed by atoms with Crippen LogP contribution >= 0.6 is 22.7 Å². The molecule has 0 saturated carbocycles. The maximum Gasteiger partial charge on any atom is 0.287 e. The Labute approximate surface area is 143 Å². The van der Waals surface area contributed by atoms with Gasteiger partial charge in [-0.1, -0.05) is 24.3 Å². The lowest BCUT2D eigenvalue weighted by Gasteiger charge is -1.91. The monoisotopic (exact) mass is 352 g/mol. The molecule has 3 heterocycles. The highest BCUT2D eigenvalue weighted by atomic mass is 32.1. The fraction of sp³-hybridized carbons (Fsp3) is 0. The van der Waals surface area contributed by atoms with Crippen molar-refractivity contribution in [1.82, 2.24) is 15.1 Å². The van der Waals surface area contributed by atoms with Crippen LogP contribution in [0.2, 0.25) is 0 Å². The average Bonchev–Trinajstić information content (AvgIpc) is 3.29. The minimum Gasteiger partial charge on any atom is -0.359 e. The Morgan fingerprint density at radius 2 is 1.42 bits per heavy atom. The van der Waals surface area contributed by atoms with Gasteiger partial charge in [0.2, 0.25) is 0 Å². The van der Waals surface area contributed by atoms with Crippen molar-refractivity contribution >= 4 is 43.1 Å². The number of hydrogen-bond donors (Lipinski definition) is 0. The van der Waals surface area contributed by atoms with E-state index in [1.54, 1.807) is 0 Å². The van der Waals surface area contributed by atoms with Gasteiger partial charge in [0.25, 0.3) is 11.4 Å². The molecule has 0 saturated heterocycles. The molecule has 0 fully saturated rings. The Kier molecular flexibility index (Phi) is 2.88. The zero-order valence-electron chi connectivity index (χ0n) is 12.0. The molecule has 5 rings (SSSR count). The third-order valence-electron chi connectivity index (χ3n) is 3.61. The molecule has 3 aromatic heterocycles. The average molecular weight is 352 g/mol. The standard InChI is InChI=1S/C16H8N4O2S2/c21-20-14(16-18-10-6-2-4-8-12(10)24-16)13(19-22-20)15-17-9-5-1-3-7-11(9)23-15/h1-8H. The molecule has 0 spiro atoms. The molecule has 0 bridgehead atoms. The van der Waals surface area contributed by atoms with Gasteiger partial charge in [-0.15, -0.1) is 22.7 Å². The highest BCUT2D eigenvalue weighted by Crippen LogP contribution is 2.36. The van der Waals surface area contributed by atoms with Gasteiger partial charge in [0.05, 0.1) is 20.4 Å². The van der Waals surface area contributed by atoms with Crippen molar-refractivity contribution in [3.63, 3.8) is 0 Å². The second-order valence-corrected chi connectivity index (χ2v) is 7.16. The topological polar surface area (TPSA) is 78.8 Å². The summed E-state index contributed by atoms with van der Waals surface area (Å²) in [5, 5.41) is 17.3. The van der Waals surface area contributed by atoms with E-state index < -0.39 is 0 Å². The maximum atomic E-state index is 12.1. The zero-order chi connectivity index (χ0) is 16.1. The van der Waals surface area contributed by atoms with Crippen LogP contribution in [0.4, 0.5) is 0 Å². The van der Waals surface area contributed by atoms with Gasteiger partial charge < -0.3 is 5.21 Å². The number of hydrogen-bond acceptors (Lipinski definition) is 7. The summed E-state index contributed by atoms with van der Waals surface area (Å²) in [6.45, 7) is 0. The Balaban J connectivity index is 1.73. The molecule has 0 unspecified atom stereocenters. The van der Waals surface area contributed by atoms with Crippen LogP contribution < -0.4 is 4.90 Å². The molecule has 0 amide bonds. The summed E-state index contributed by atoms with van der Waals surface area (Å²) in [5.41, 5.74) is 2.43. The first-order chi connectivity index (χ1) is 11.8. The SMILES string of the molecule is [O-][n+]1onc(-c2nc3ccccc3s2)c1-c1nc2ccccc2s1. The van der Waals surface area contributed by atoms with Gasteiger partial charge in [0, 0.05) is 5.16 Å². The van der Waals surface area contributed by atoms with E-state index in [9.17, 15) is 5.21 Å². The van der Waals surface area contributed by atoms with Crippen LogP contribution in [-0.4, -0.2) is 15.1 Å². The minimum absolute atomic E-state index is 0.301. The largest absolute Gasteiger partial charge is 0.359 e. The van der Waals surface area contributed by atoms with Gasteiger partial charge in [0.15, 0.2) is 10.0 Å². The summed E-state index contributed by atoms with van der Waals surface area (Å²) < 4.78 is 6.88. The van der Waals surface area contributed by atoms with Crippen LogP contribution in [0.3, 0.4) is 0 Å². The summed E-state index contributed by atoms with van der Waals surface area (Å²) >= 11 is 2.90. The first-order valence-corrected chi connectivity index (χ1v) is 8.74. The van der Waals surface area contributed by atoms with E-state index in [1.165, 1.54) is 22.7 Å². The lowest BCUT2D eigenvalue weighted by Crippen LogP contribution is -2.25. The fourth-order valence-corrected chi connectivity index (χ4v) is 4.45. The molecule has 0 aliphatic carbocycles. The minimum atomic E-state index is 0.301. The number of benzene rings is 2. The number of fused-ring (bicyclic) bond motifs is 2. The maximum absolute atomic E-state index is 12.1. The highest BCUT2D eigenvalue weighted by molar-refractivity contribution is 7.22. The lowest BCUT2D eigenvalue weighted by molar-refractivity contribution is -0.793. The van der Waals surface area contributed by atoms with E-state index >= 15 is 0 Å². The number of aromatic nitrogens is 4. The molecule has 8 heteroatoms. The van der Waals surface area contributed by atoms with E-state index in [0.29, 0.717) is 26.3 Å². The van der Waals surface area contributed by atoms with Crippen LogP contribution in [0.5, 0.6) is 0 Å². The van der Waals surface area contributed by atoms with E-state index in [2.05, 4.69) is 15.1 Å². The summed E-state index contributed by atoms with van der Waals surface area (Å²) in [6, 6.07) is 15.5. The van der Waals surface area contributed by atoms with Gasteiger partial charge in [-0.3, -0.25) is 4.63 Å². The predicted molar refractivity (Wildman–Crippen MR) is 92.7 cm³/mol. The molecule has 0 aliphatic rings. The molecular weight excluding hydrogens is 344 g/mol. The number of para-hydroxylation sites is 2. The smallest absolute Gasteiger partial charge is 0.287 e. The summed E-state index contributed by atoms with van der Waals surface area (Å²) in [4.78, 5) is 9.49. The van der Waals surface area contributed by atoms with Gasteiger partial charge in [0.1, 0.15) is 0 Å². The fourth-order valence-electron chi connectivity index (χ4n) is 2.52. The van der Waals surface area contributed by atoms with Gasteiger partial charge in [-0.05, 0) is 29.2 Å². The number of rotatable bonds is 2. The Hall–Kier alpha value is -2.84. The first kappa shape index (κ1) is 13.6. The Morgan fingerprint density at radius 3 is 2.08 bits per heavy atom. The normalized spacial score (nSPS) is 11.5. The highest BCUT2D eigenvalue weighted by Gasteiger charge is 2.28. The Bertz CT molecular complexity index is 1130. The third-order valence-corrected chi connectivity index (χ3v) is 5.69. The van der Waals surface area contributed by atoms with E-state index in [0.717, 1.165) is 20.4 Å². The van der Waals surface area contributed by atoms with Gasteiger partial charge in [-0.25, -0.2) is 9.97 Å². The first-order valence-electron chi connectivity index (χ1n) is 7.11. The molecule has 0 atom stereocenters. The second kappa shape index (κ2) is 5.08. The van der Waals surface area contributed by atoms with Crippen molar-refractivity contribution in [1.29, 1.82) is 0 Å². The van der Waals surface area contributed by atoms with Crippen LogP contribution in [0.1, 0.15) is 0 Å². The van der Waals surface area contributed by atoms with Gasteiger partial charge in [-0.2, -0.15) is 0 Å². The molecule has 0 N–H and O–H groups in total. The van der Waals surface area contributed by atoms with E-state index in [1.807, 2.05) is 48.5 Å². The molecule has 0 radical (unpaired) electrons. The number of thiazole rings is 2. The van der Waals surface area contributed by atoms with E-state index in [4.69, 9.17) is 4.63 Å². The van der Waals surface area contributed by atoms with Crippen molar-refractivity contribution in [3.05, 3.63) is 53.7 Å². The Morgan fingerprint density at radius 1 is 0.833 bits per heavy atom. The quantitative estimate of drug-likeness (QED) is 0.451. The molecule has 5 aromatic rings. The van der Waals surface area contributed by atoms with Crippen LogP contribution in [0.15, 0.2) is 53.2 Å². The number of nitrogens with zero attached hydrogens (tertiary/aromatic N) is 4. The van der Waals surface area contributed by atoms with E-state index in [-0.39, 0.29) is 0 Å². The van der Waals surface area contributed by atoms with Crippen molar-refractivity contribution in [3.8, 4) is 21.4 Å². The molecule has 0 aliphatic heterocycles. The lowest BCUT2D eigenvalue weighted by atomic mass is 10.3. The summed E-state index contributed by atoms with van der Waals surface area (Å²) in [7, 11) is 0. The third kappa shape index (κ3) is 2.00. The van der Waals surface area contributed by atoms with Crippen molar-refractivity contribution in [2.75, 3.05) is 0 Å². The molecular formula is C16H8N4O2S2. The second-order valence-electron chi connectivity index (χ2n) is 5.10. The molecule has 6 nitrogen and oxygen atoms in total. The van der Waals surface area contributed by atoms with Crippen molar-refractivity contribution in [2.24, 2.45) is 0 Å². The van der Waals surface area contributed by atoms with Gasteiger partial charge >= 0.3 is 0 Å². The molecule has 2 aromatic carbocycles. The molecule has 116 valence electrons. The summed E-state index contributed by atoms with van der Waals surface area (Å²) in [6.07, 6.45) is 0. The van der Waals surface area contributed by atoms with Crippen LogP contribution in [-0.2, 0) is 0 Å². The molecule has 24 heavy (non-hydrogen) atoms.